The predicted molar refractivity (Wildman–Crippen MR) is 61.8 cm³/mol. The molecule has 1 N–H and O–H groups in total. The summed E-state index contributed by atoms with van der Waals surface area (Å²) in [6.45, 7) is -1.32. The SMILES string of the molecule is O=[PH](O)OCOS(=O)(=O)c1ccccc1C(F)(F)C(F)(F)F. The Morgan fingerprint density at radius 3 is 2.18 bits per heavy atom. The van der Waals surface area contributed by atoms with E-state index in [0.717, 1.165) is 12.1 Å². The quantitative estimate of drug-likeness (QED) is 0.358. The van der Waals surface area contributed by atoms with Crippen molar-refractivity contribution in [2.75, 3.05) is 6.79 Å². The Morgan fingerprint density at radius 1 is 1.14 bits per heavy atom. The van der Waals surface area contributed by atoms with E-state index in [1.165, 1.54) is 0 Å². The first-order valence-electron chi connectivity index (χ1n) is 5.19. The highest BCUT2D eigenvalue weighted by molar-refractivity contribution is 7.86. The van der Waals surface area contributed by atoms with Gasteiger partial charge in [0.15, 0.2) is 6.79 Å². The van der Waals surface area contributed by atoms with Crippen molar-refractivity contribution in [1.29, 1.82) is 0 Å². The van der Waals surface area contributed by atoms with Crippen molar-refractivity contribution in [2.45, 2.75) is 17.0 Å². The van der Waals surface area contributed by atoms with Gasteiger partial charge in [0, 0.05) is 0 Å². The van der Waals surface area contributed by atoms with E-state index in [-0.39, 0.29) is 6.07 Å². The highest BCUT2D eigenvalue weighted by Crippen LogP contribution is 2.46. The molecule has 6 nitrogen and oxygen atoms in total. The van der Waals surface area contributed by atoms with Crippen LogP contribution in [0.4, 0.5) is 22.0 Å². The van der Waals surface area contributed by atoms with Crippen LogP contribution in [0.1, 0.15) is 5.56 Å². The normalized spacial score (nSPS) is 14.8. The fourth-order valence-corrected chi connectivity index (χ4v) is 2.56. The first-order valence-corrected chi connectivity index (χ1v) is 7.86. The molecule has 0 heterocycles. The van der Waals surface area contributed by atoms with E-state index in [1.54, 1.807) is 0 Å². The van der Waals surface area contributed by atoms with Crippen LogP contribution in [0.15, 0.2) is 29.2 Å². The van der Waals surface area contributed by atoms with E-state index in [0.29, 0.717) is 6.07 Å². The molecule has 0 saturated heterocycles. The van der Waals surface area contributed by atoms with Gasteiger partial charge in [0.2, 0.25) is 0 Å². The molecule has 13 heteroatoms. The molecule has 22 heavy (non-hydrogen) atoms. The van der Waals surface area contributed by atoms with Gasteiger partial charge >= 0.3 is 20.4 Å². The molecule has 0 aliphatic carbocycles. The summed E-state index contributed by atoms with van der Waals surface area (Å²) in [5.74, 6) is -5.44. The molecule has 1 aromatic rings. The van der Waals surface area contributed by atoms with E-state index in [2.05, 4.69) is 8.71 Å². The van der Waals surface area contributed by atoms with Gasteiger partial charge in [-0.1, -0.05) is 18.2 Å². The number of halogens is 5. The van der Waals surface area contributed by atoms with E-state index >= 15 is 0 Å². The Balaban J connectivity index is 3.25. The number of rotatable bonds is 6. The second kappa shape index (κ2) is 6.59. The van der Waals surface area contributed by atoms with Crippen LogP contribution >= 0.6 is 8.25 Å². The Hall–Kier alpha value is -1.07. The fraction of sp³-hybridized carbons (Fsp3) is 0.333. The molecule has 0 spiro atoms. The minimum Gasteiger partial charge on any atom is -0.326 e. The van der Waals surface area contributed by atoms with Gasteiger partial charge in [-0.05, 0) is 6.07 Å². The highest BCUT2D eigenvalue weighted by Gasteiger charge is 2.60. The van der Waals surface area contributed by atoms with E-state index in [9.17, 15) is 34.9 Å². The lowest BCUT2D eigenvalue weighted by atomic mass is 10.1. The lowest BCUT2D eigenvalue weighted by Crippen LogP contribution is -2.35. The fourth-order valence-electron chi connectivity index (χ4n) is 1.30. The van der Waals surface area contributed by atoms with Gasteiger partial charge in [-0.15, -0.1) is 0 Å². The molecule has 0 fully saturated rings. The van der Waals surface area contributed by atoms with E-state index < -0.39 is 47.7 Å². The number of alkyl halides is 5. The van der Waals surface area contributed by atoms with Crippen LogP contribution in [0.5, 0.6) is 0 Å². The molecule has 1 aromatic carbocycles. The van der Waals surface area contributed by atoms with Gasteiger partial charge in [0.05, 0.1) is 5.56 Å². The largest absolute Gasteiger partial charge is 0.458 e. The predicted octanol–water partition coefficient (Wildman–Crippen LogP) is 2.40. The molecule has 1 rings (SSSR count). The molecule has 0 amide bonds. The smallest absolute Gasteiger partial charge is 0.326 e. The third-order valence-corrected chi connectivity index (χ3v) is 3.90. The average molecular weight is 370 g/mol. The van der Waals surface area contributed by atoms with E-state index in [4.69, 9.17) is 4.89 Å². The molecule has 0 aromatic heterocycles. The summed E-state index contributed by atoms with van der Waals surface area (Å²) in [5.41, 5.74) is -1.83. The topological polar surface area (TPSA) is 89.9 Å². The maximum atomic E-state index is 13.3. The molecular weight excluding hydrogens is 362 g/mol. The average Bonchev–Trinajstić information content (AvgIpc) is 2.36. The van der Waals surface area contributed by atoms with Gasteiger partial charge in [0.25, 0.3) is 10.1 Å². The highest BCUT2D eigenvalue weighted by atomic mass is 32.2. The molecule has 1 unspecified atom stereocenters. The third kappa shape index (κ3) is 4.23. The van der Waals surface area contributed by atoms with Crippen molar-refractivity contribution < 1.29 is 48.5 Å². The molecule has 0 bridgehead atoms. The zero-order valence-electron chi connectivity index (χ0n) is 10.3. The van der Waals surface area contributed by atoms with Gasteiger partial charge in [0.1, 0.15) is 4.90 Å². The van der Waals surface area contributed by atoms with Gasteiger partial charge in [-0.3, -0.25) is 9.09 Å². The minimum atomic E-state index is -6.02. The lowest BCUT2D eigenvalue weighted by Gasteiger charge is -2.22. The van der Waals surface area contributed by atoms with Crippen LogP contribution in [0.25, 0.3) is 0 Å². The van der Waals surface area contributed by atoms with Gasteiger partial charge in [-0.25, -0.2) is 4.18 Å². The maximum absolute atomic E-state index is 13.3. The molecule has 126 valence electrons. The lowest BCUT2D eigenvalue weighted by molar-refractivity contribution is -0.290. The summed E-state index contributed by atoms with van der Waals surface area (Å²) < 4.78 is 105. The van der Waals surface area contributed by atoms with Crippen LogP contribution in [0.2, 0.25) is 0 Å². The Bertz CT molecular complexity index is 659. The molecule has 0 radical (unpaired) electrons. The van der Waals surface area contributed by atoms with Crippen molar-refractivity contribution in [3.63, 3.8) is 0 Å². The van der Waals surface area contributed by atoms with Crippen molar-refractivity contribution in [3.8, 4) is 0 Å². The number of hydrogen-bond donors (Lipinski definition) is 1. The second-order valence-corrected chi connectivity index (χ2v) is 6.07. The van der Waals surface area contributed by atoms with Crippen LogP contribution in [0, 0.1) is 0 Å². The summed E-state index contributed by atoms with van der Waals surface area (Å²) in [5, 5.41) is 0. The van der Waals surface area contributed by atoms with E-state index in [1.807, 2.05) is 0 Å². The summed E-state index contributed by atoms with van der Waals surface area (Å²) in [6.07, 6.45) is -6.02. The first kappa shape index (κ1) is 19.0. The molecule has 0 aliphatic rings. The third-order valence-electron chi connectivity index (χ3n) is 2.24. The summed E-state index contributed by atoms with van der Waals surface area (Å²) in [6, 6.07) is 2.45. The maximum Gasteiger partial charge on any atom is 0.458 e. The molecule has 0 aliphatic heterocycles. The Morgan fingerprint density at radius 2 is 1.68 bits per heavy atom. The van der Waals surface area contributed by atoms with Crippen molar-refractivity contribution in [1.82, 2.24) is 0 Å². The van der Waals surface area contributed by atoms with Crippen LogP contribution in [0.3, 0.4) is 0 Å². The molecule has 1 atom stereocenters. The van der Waals surface area contributed by atoms with Crippen molar-refractivity contribution in [2.24, 2.45) is 0 Å². The Kier molecular flexibility index (Phi) is 5.68. The number of hydrogen-bond acceptors (Lipinski definition) is 5. The van der Waals surface area contributed by atoms with Gasteiger partial charge < -0.3 is 4.89 Å². The van der Waals surface area contributed by atoms with Crippen LogP contribution < -0.4 is 0 Å². The number of benzene rings is 1. The summed E-state index contributed by atoms with van der Waals surface area (Å²) >= 11 is 0. The van der Waals surface area contributed by atoms with Crippen LogP contribution in [-0.4, -0.2) is 26.3 Å². The monoisotopic (exact) mass is 370 g/mol. The summed E-state index contributed by atoms with van der Waals surface area (Å²) in [4.78, 5) is 6.86. The standard InChI is InChI=1S/C9H8F5O6PS/c10-8(11,9(12,13)14)6-3-1-2-4-7(6)22(17,18)20-5-19-21(15)16/h1-4,21H,5H2,(H,15,16). The Labute approximate surface area is 121 Å². The first-order chi connectivity index (χ1) is 9.89. The van der Waals surface area contributed by atoms with Crippen molar-refractivity contribution >= 4 is 18.4 Å². The van der Waals surface area contributed by atoms with Gasteiger partial charge in [-0.2, -0.15) is 30.4 Å². The minimum absolute atomic E-state index is 0.277. The molecular formula is C9H8F5O6PS. The van der Waals surface area contributed by atoms with Crippen LogP contribution in [-0.2, 0) is 29.3 Å². The zero-order valence-corrected chi connectivity index (χ0v) is 12.1. The molecule has 0 saturated carbocycles. The second-order valence-electron chi connectivity index (χ2n) is 3.67. The zero-order chi connectivity index (χ0) is 17.2. The van der Waals surface area contributed by atoms with Crippen molar-refractivity contribution in [3.05, 3.63) is 29.8 Å². The summed E-state index contributed by atoms with van der Waals surface area (Å²) in [7, 11) is -8.64.